The van der Waals surface area contributed by atoms with E-state index in [1.807, 2.05) is 13.0 Å². The van der Waals surface area contributed by atoms with Gasteiger partial charge in [-0.05, 0) is 30.7 Å². The fourth-order valence-electron chi connectivity index (χ4n) is 1.51. The fraction of sp³-hybridized carbons (Fsp3) is 0.267. The van der Waals surface area contributed by atoms with Crippen molar-refractivity contribution in [1.29, 1.82) is 5.26 Å². The van der Waals surface area contributed by atoms with Gasteiger partial charge in [0.15, 0.2) is 0 Å². The van der Waals surface area contributed by atoms with Crippen molar-refractivity contribution in [3.05, 3.63) is 41.6 Å². The van der Waals surface area contributed by atoms with Crippen LogP contribution >= 0.6 is 0 Å². The third kappa shape index (κ3) is 5.37. The van der Waals surface area contributed by atoms with E-state index in [1.165, 1.54) is 6.20 Å². The Labute approximate surface area is 123 Å². The maximum Gasteiger partial charge on any atom is 0.263 e. The number of carbonyl (C=O) groups is 2. The Morgan fingerprint density at radius 3 is 2.52 bits per heavy atom. The van der Waals surface area contributed by atoms with E-state index in [4.69, 9.17) is 11.0 Å². The molecule has 1 aromatic carbocycles. The number of carbonyl (C=O) groups excluding carboxylic acids is 2. The molecule has 0 aromatic heterocycles. The van der Waals surface area contributed by atoms with Gasteiger partial charge in [-0.1, -0.05) is 13.3 Å². The third-order valence-electron chi connectivity index (χ3n) is 2.73. The standard InChI is InChI=1S/C15H18N4O2/c1-2-3-8-18-15(21)12(9-16)10-19-13-6-4-11(5-7-13)14(17)20/h4-7,10,19H,2-3,8H2,1H3,(H2,17,20)(H,18,21)/b12-10-. The van der Waals surface area contributed by atoms with Crippen LogP contribution in [0.4, 0.5) is 5.69 Å². The second-order valence-corrected chi connectivity index (χ2v) is 4.37. The van der Waals surface area contributed by atoms with Crippen LogP contribution < -0.4 is 16.4 Å². The highest BCUT2D eigenvalue weighted by molar-refractivity contribution is 5.97. The van der Waals surface area contributed by atoms with Crippen LogP contribution in [-0.2, 0) is 4.79 Å². The molecule has 0 spiro atoms. The van der Waals surface area contributed by atoms with Crippen LogP contribution in [0.1, 0.15) is 30.1 Å². The van der Waals surface area contributed by atoms with Gasteiger partial charge >= 0.3 is 0 Å². The highest BCUT2D eigenvalue weighted by Crippen LogP contribution is 2.09. The van der Waals surface area contributed by atoms with E-state index in [9.17, 15) is 9.59 Å². The largest absolute Gasteiger partial charge is 0.366 e. The number of rotatable bonds is 7. The molecule has 0 aliphatic rings. The zero-order valence-electron chi connectivity index (χ0n) is 11.8. The zero-order chi connectivity index (χ0) is 15.7. The molecule has 4 N–H and O–H groups in total. The maximum atomic E-state index is 11.7. The summed E-state index contributed by atoms with van der Waals surface area (Å²) in [6.07, 6.45) is 3.17. The number of hydrogen-bond donors (Lipinski definition) is 3. The summed E-state index contributed by atoms with van der Waals surface area (Å²) in [4.78, 5) is 22.6. The summed E-state index contributed by atoms with van der Waals surface area (Å²) in [5.41, 5.74) is 6.17. The molecule has 0 fully saturated rings. The second-order valence-electron chi connectivity index (χ2n) is 4.37. The number of hydrogen-bond acceptors (Lipinski definition) is 4. The number of nitrogens with zero attached hydrogens (tertiary/aromatic N) is 1. The fourth-order valence-corrected chi connectivity index (χ4v) is 1.51. The normalized spacial score (nSPS) is 10.6. The lowest BCUT2D eigenvalue weighted by molar-refractivity contribution is -0.117. The van der Waals surface area contributed by atoms with E-state index in [-0.39, 0.29) is 5.57 Å². The molecule has 0 saturated heterocycles. The molecule has 0 atom stereocenters. The van der Waals surface area contributed by atoms with Crippen LogP contribution in [0.5, 0.6) is 0 Å². The summed E-state index contributed by atoms with van der Waals surface area (Å²) < 4.78 is 0. The van der Waals surface area contributed by atoms with Crippen LogP contribution in [0, 0.1) is 11.3 Å². The van der Waals surface area contributed by atoms with E-state index in [0.717, 1.165) is 12.8 Å². The predicted molar refractivity (Wildman–Crippen MR) is 80.2 cm³/mol. The van der Waals surface area contributed by atoms with Crippen LogP contribution in [0.2, 0.25) is 0 Å². The molecule has 1 aromatic rings. The van der Waals surface area contributed by atoms with Gasteiger partial charge in [-0.25, -0.2) is 0 Å². The molecule has 0 aliphatic carbocycles. The van der Waals surface area contributed by atoms with Gasteiger partial charge in [-0.15, -0.1) is 0 Å². The van der Waals surface area contributed by atoms with Crippen molar-refractivity contribution in [1.82, 2.24) is 5.32 Å². The molecule has 0 radical (unpaired) electrons. The van der Waals surface area contributed by atoms with Crippen molar-refractivity contribution < 1.29 is 9.59 Å². The first-order valence-corrected chi connectivity index (χ1v) is 6.63. The SMILES string of the molecule is CCCCNC(=O)/C(C#N)=C\Nc1ccc(C(N)=O)cc1. The smallest absolute Gasteiger partial charge is 0.263 e. The van der Waals surface area contributed by atoms with Gasteiger partial charge in [0.25, 0.3) is 5.91 Å². The average Bonchev–Trinajstić information content (AvgIpc) is 2.48. The molecule has 6 nitrogen and oxygen atoms in total. The van der Waals surface area contributed by atoms with E-state index in [0.29, 0.717) is 17.8 Å². The van der Waals surface area contributed by atoms with Gasteiger partial charge in [-0.3, -0.25) is 9.59 Å². The van der Waals surface area contributed by atoms with Crippen LogP contribution in [0.3, 0.4) is 0 Å². The number of nitrogens with two attached hydrogens (primary N) is 1. The Hall–Kier alpha value is -2.81. The molecule has 0 saturated carbocycles. The lowest BCUT2D eigenvalue weighted by atomic mass is 10.2. The molecule has 21 heavy (non-hydrogen) atoms. The van der Waals surface area contributed by atoms with Gasteiger partial charge in [-0.2, -0.15) is 5.26 Å². The minimum absolute atomic E-state index is 0.00918. The van der Waals surface area contributed by atoms with Gasteiger partial charge < -0.3 is 16.4 Å². The van der Waals surface area contributed by atoms with Crippen molar-refractivity contribution >= 4 is 17.5 Å². The van der Waals surface area contributed by atoms with E-state index < -0.39 is 11.8 Å². The highest BCUT2D eigenvalue weighted by Gasteiger charge is 2.07. The number of nitrogens with one attached hydrogen (secondary N) is 2. The Bertz CT molecular complexity index is 570. The van der Waals surface area contributed by atoms with Crippen molar-refractivity contribution in [2.24, 2.45) is 5.73 Å². The minimum atomic E-state index is -0.509. The zero-order valence-corrected chi connectivity index (χ0v) is 11.8. The summed E-state index contributed by atoms with van der Waals surface area (Å²) >= 11 is 0. The number of amides is 2. The van der Waals surface area contributed by atoms with Gasteiger partial charge in [0.1, 0.15) is 11.6 Å². The number of nitriles is 1. The van der Waals surface area contributed by atoms with Gasteiger partial charge in [0.05, 0.1) is 0 Å². The topological polar surface area (TPSA) is 108 Å². The Balaban J connectivity index is 2.65. The van der Waals surface area contributed by atoms with E-state index in [1.54, 1.807) is 24.3 Å². The predicted octanol–water partition coefficient (Wildman–Crippen LogP) is 1.52. The monoisotopic (exact) mass is 286 g/mol. The molecule has 2 amide bonds. The lowest BCUT2D eigenvalue weighted by Crippen LogP contribution is -2.25. The number of benzene rings is 1. The molecule has 0 bridgehead atoms. The Morgan fingerprint density at radius 1 is 1.33 bits per heavy atom. The number of anilines is 1. The molecular formula is C15H18N4O2. The molecule has 0 heterocycles. The van der Waals surface area contributed by atoms with E-state index >= 15 is 0 Å². The maximum absolute atomic E-state index is 11.7. The van der Waals surface area contributed by atoms with Crippen molar-refractivity contribution in [2.75, 3.05) is 11.9 Å². The quantitative estimate of drug-likeness (QED) is 0.401. The first-order valence-electron chi connectivity index (χ1n) is 6.63. The molecular weight excluding hydrogens is 268 g/mol. The first-order chi connectivity index (χ1) is 10.1. The minimum Gasteiger partial charge on any atom is -0.366 e. The highest BCUT2D eigenvalue weighted by atomic mass is 16.2. The molecule has 1 rings (SSSR count). The summed E-state index contributed by atoms with van der Waals surface area (Å²) in [7, 11) is 0. The lowest BCUT2D eigenvalue weighted by Gasteiger charge is -2.05. The molecule has 6 heteroatoms. The van der Waals surface area contributed by atoms with Crippen molar-refractivity contribution in [2.45, 2.75) is 19.8 Å². The summed E-state index contributed by atoms with van der Waals surface area (Å²) in [5, 5.41) is 14.5. The summed E-state index contributed by atoms with van der Waals surface area (Å²) in [6, 6.07) is 8.24. The van der Waals surface area contributed by atoms with Crippen LogP contribution in [0.15, 0.2) is 36.0 Å². The molecule has 110 valence electrons. The van der Waals surface area contributed by atoms with Crippen LogP contribution in [0.25, 0.3) is 0 Å². The summed E-state index contributed by atoms with van der Waals surface area (Å²) in [5.74, 6) is -0.919. The first kappa shape index (κ1) is 16.2. The molecule has 0 aliphatic heterocycles. The Kier molecular flexibility index (Phi) is 6.48. The van der Waals surface area contributed by atoms with E-state index in [2.05, 4.69) is 10.6 Å². The summed E-state index contributed by atoms with van der Waals surface area (Å²) in [6.45, 7) is 2.56. The average molecular weight is 286 g/mol. The number of unbranched alkanes of at least 4 members (excludes halogenated alkanes) is 1. The second kappa shape index (κ2) is 8.38. The van der Waals surface area contributed by atoms with Crippen LogP contribution in [-0.4, -0.2) is 18.4 Å². The van der Waals surface area contributed by atoms with Crippen molar-refractivity contribution in [3.63, 3.8) is 0 Å². The third-order valence-corrected chi connectivity index (χ3v) is 2.73. The number of primary amides is 1. The Morgan fingerprint density at radius 2 is 2.00 bits per heavy atom. The van der Waals surface area contributed by atoms with Gasteiger partial charge in [0, 0.05) is 24.0 Å². The van der Waals surface area contributed by atoms with Crippen molar-refractivity contribution in [3.8, 4) is 6.07 Å². The molecule has 0 unspecified atom stereocenters. The van der Waals surface area contributed by atoms with Gasteiger partial charge in [0.2, 0.25) is 5.91 Å².